The molecule has 2 aromatic carbocycles. The molecule has 2 aliphatic rings. The standard InChI is InChI=1S/C23H27N3O2/c1-2-17-5-9-21(10-6-17)26-16-18(15-22(26)27)23(28)24-19-7-11-20(12-8-19)25-13-3-4-14-25/h5-12,18H,2-4,13-16H2,1H3,(H,24,28). The fourth-order valence-electron chi connectivity index (χ4n) is 4.02. The monoisotopic (exact) mass is 377 g/mol. The molecule has 0 aromatic heterocycles. The SMILES string of the molecule is CCc1ccc(N2CC(C(=O)Nc3ccc(N4CCCC4)cc3)CC2=O)cc1. The predicted octanol–water partition coefficient (Wildman–Crippen LogP) is 3.84. The number of benzene rings is 2. The molecule has 2 aromatic rings. The molecule has 2 amide bonds. The third kappa shape index (κ3) is 3.88. The third-order valence-electron chi connectivity index (χ3n) is 5.76. The average Bonchev–Trinajstić information content (AvgIpc) is 3.39. The topological polar surface area (TPSA) is 52.7 Å². The molecule has 1 atom stereocenters. The van der Waals surface area contributed by atoms with Crippen LogP contribution in [0.3, 0.4) is 0 Å². The van der Waals surface area contributed by atoms with E-state index in [4.69, 9.17) is 0 Å². The first kappa shape index (κ1) is 18.5. The van der Waals surface area contributed by atoms with Crippen molar-refractivity contribution in [3.8, 4) is 0 Å². The highest BCUT2D eigenvalue weighted by Crippen LogP contribution is 2.27. The van der Waals surface area contributed by atoms with Crippen LogP contribution in [0.2, 0.25) is 0 Å². The van der Waals surface area contributed by atoms with Crippen LogP contribution in [-0.4, -0.2) is 31.4 Å². The minimum atomic E-state index is -0.323. The number of rotatable bonds is 5. The van der Waals surface area contributed by atoms with Crippen LogP contribution in [0.15, 0.2) is 48.5 Å². The van der Waals surface area contributed by atoms with Gasteiger partial charge in [-0.05, 0) is 61.2 Å². The van der Waals surface area contributed by atoms with Crippen LogP contribution in [0.1, 0.15) is 31.7 Å². The highest BCUT2D eigenvalue weighted by molar-refractivity contribution is 6.03. The molecule has 4 rings (SSSR count). The van der Waals surface area contributed by atoms with Crippen molar-refractivity contribution in [2.75, 3.05) is 34.8 Å². The quantitative estimate of drug-likeness (QED) is 0.861. The van der Waals surface area contributed by atoms with Gasteiger partial charge in [0.2, 0.25) is 11.8 Å². The minimum absolute atomic E-state index is 0.00813. The van der Waals surface area contributed by atoms with Crippen LogP contribution in [-0.2, 0) is 16.0 Å². The van der Waals surface area contributed by atoms with Gasteiger partial charge in [-0.3, -0.25) is 9.59 Å². The van der Waals surface area contributed by atoms with Gasteiger partial charge in [-0.2, -0.15) is 0 Å². The largest absolute Gasteiger partial charge is 0.372 e. The normalized spacial score (nSPS) is 19.3. The molecular weight excluding hydrogens is 350 g/mol. The van der Waals surface area contributed by atoms with Crippen molar-refractivity contribution >= 4 is 28.9 Å². The number of anilines is 3. The van der Waals surface area contributed by atoms with Crippen molar-refractivity contribution in [3.05, 3.63) is 54.1 Å². The fourth-order valence-corrected chi connectivity index (χ4v) is 4.02. The number of carbonyl (C=O) groups excluding carboxylic acids is 2. The van der Waals surface area contributed by atoms with Crippen LogP contribution in [0, 0.1) is 5.92 Å². The number of nitrogens with one attached hydrogen (secondary N) is 1. The highest BCUT2D eigenvalue weighted by atomic mass is 16.2. The third-order valence-corrected chi connectivity index (χ3v) is 5.76. The van der Waals surface area contributed by atoms with E-state index in [1.54, 1.807) is 4.90 Å². The summed E-state index contributed by atoms with van der Waals surface area (Å²) < 4.78 is 0. The van der Waals surface area contributed by atoms with Crippen molar-refractivity contribution in [1.29, 1.82) is 0 Å². The molecule has 5 nitrogen and oxygen atoms in total. The van der Waals surface area contributed by atoms with Crippen LogP contribution in [0.5, 0.6) is 0 Å². The van der Waals surface area contributed by atoms with Gasteiger partial charge < -0.3 is 15.1 Å². The molecule has 28 heavy (non-hydrogen) atoms. The Morgan fingerprint density at radius 3 is 2.29 bits per heavy atom. The van der Waals surface area contributed by atoms with Gasteiger partial charge in [0, 0.05) is 43.1 Å². The van der Waals surface area contributed by atoms with Gasteiger partial charge >= 0.3 is 0 Å². The van der Waals surface area contributed by atoms with Crippen molar-refractivity contribution < 1.29 is 9.59 Å². The fraction of sp³-hybridized carbons (Fsp3) is 0.391. The van der Waals surface area contributed by atoms with E-state index < -0.39 is 0 Å². The Morgan fingerprint density at radius 1 is 1.00 bits per heavy atom. The molecule has 0 radical (unpaired) electrons. The Morgan fingerprint density at radius 2 is 1.64 bits per heavy atom. The van der Waals surface area contributed by atoms with Crippen LogP contribution in [0.25, 0.3) is 0 Å². The minimum Gasteiger partial charge on any atom is -0.372 e. The summed E-state index contributed by atoms with van der Waals surface area (Å²) in [4.78, 5) is 29.2. The first-order valence-corrected chi connectivity index (χ1v) is 10.2. The molecule has 0 saturated carbocycles. The first-order chi connectivity index (χ1) is 13.6. The van der Waals surface area contributed by atoms with E-state index in [-0.39, 0.29) is 24.2 Å². The van der Waals surface area contributed by atoms with E-state index in [1.165, 1.54) is 24.1 Å². The van der Waals surface area contributed by atoms with Gasteiger partial charge in [-0.1, -0.05) is 19.1 Å². The number of hydrogen-bond acceptors (Lipinski definition) is 3. The summed E-state index contributed by atoms with van der Waals surface area (Å²) in [6.45, 7) is 4.74. The smallest absolute Gasteiger partial charge is 0.229 e. The van der Waals surface area contributed by atoms with Gasteiger partial charge in [0.1, 0.15) is 0 Å². The molecular formula is C23H27N3O2. The lowest BCUT2D eigenvalue weighted by molar-refractivity contribution is -0.122. The number of carbonyl (C=O) groups is 2. The summed E-state index contributed by atoms with van der Waals surface area (Å²) in [5.41, 5.74) is 4.09. The summed E-state index contributed by atoms with van der Waals surface area (Å²) in [5.74, 6) is -0.402. The summed E-state index contributed by atoms with van der Waals surface area (Å²) in [6, 6.07) is 16.0. The van der Waals surface area contributed by atoms with E-state index in [9.17, 15) is 9.59 Å². The summed E-state index contributed by atoms with van der Waals surface area (Å²) in [6.07, 6.45) is 3.71. The van der Waals surface area contributed by atoms with E-state index in [1.807, 2.05) is 36.4 Å². The lowest BCUT2D eigenvalue weighted by Gasteiger charge is -2.18. The molecule has 2 saturated heterocycles. The number of nitrogens with zero attached hydrogens (tertiary/aromatic N) is 2. The predicted molar refractivity (Wildman–Crippen MR) is 113 cm³/mol. The van der Waals surface area contributed by atoms with Crippen molar-refractivity contribution in [1.82, 2.24) is 0 Å². The summed E-state index contributed by atoms with van der Waals surface area (Å²) in [7, 11) is 0. The molecule has 2 fully saturated rings. The van der Waals surface area contributed by atoms with E-state index in [2.05, 4.69) is 29.3 Å². The molecule has 146 valence electrons. The molecule has 0 spiro atoms. The Bertz CT molecular complexity index is 839. The van der Waals surface area contributed by atoms with Crippen molar-refractivity contribution in [2.45, 2.75) is 32.6 Å². The molecule has 0 aliphatic carbocycles. The maximum Gasteiger partial charge on any atom is 0.229 e. The van der Waals surface area contributed by atoms with E-state index >= 15 is 0 Å². The number of hydrogen-bond donors (Lipinski definition) is 1. The zero-order valence-electron chi connectivity index (χ0n) is 16.4. The van der Waals surface area contributed by atoms with Gasteiger partial charge in [0.05, 0.1) is 5.92 Å². The second kappa shape index (κ2) is 8.05. The van der Waals surface area contributed by atoms with Gasteiger partial charge in [0.25, 0.3) is 0 Å². The Balaban J connectivity index is 1.37. The zero-order chi connectivity index (χ0) is 19.5. The molecule has 2 heterocycles. The second-order valence-electron chi connectivity index (χ2n) is 7.66. The van der Waals surface area contributed by atoms with Crippen LogP contribution in [0.4, 0.5) is 17.1 Å². The van der Waals surface area contributed by atoms with Crippen LogP contribution < -0.4 is 15.1 Å². The zero-order valence-corrected chi connectivity index (χ0v) is 16.4. The molecule has 0 bridgehead atoms. The Kier molecular flexibility index (Phi) is 5.33. The lowest BCUT2D eigenvalue weighted by atomic mass is 10.1. The maximum absolute atomic E-state index is 12.7. The maximum atomic E-state index is 12.7. The van der Waals surface area contributed by atoms with Crippen LogP contribution >= 0.6 is 0 Å². The summed E-state index contributed by atoms with van der Waals surface area (Å²) >= 11 is 0. The van der Waals surface area contributed by atoms with Gasteiger partial charge in [-0.25, -0.2) is 0 Å². The lowest BCUT2D eigenvalue weighted by Crippen LogP contribution is -2.28. The molecule has 1 unspecified atom stereocenters. The van der Waals surface area contributed by atoms with Crippen molar-refractivity contribution in [3.63, 3.8) is 0 Å². The summed E-state index contributed by atoms with van der Waals surface area (Å²) in [5, 5.41) is 2.98. The average molecular weight is 377 g/mol. The van der Waals surface area contributed by atoms with Crippen molar-refractivity contribution in [2.24, 2.45) is 5.92 Å². The highest BCUT2D eigenvalue weighted by Gasteiger charge is 2.35. The second-order valence-corrected chi connectivity index (χ2v) is 7.66. The van der Waals surface area contributed by atoms with Gasteiger partial charge in [-0.15, -0.1) is 0 Å². The molecule has 2 aliphatic heterocycles. The Labute approximate surface area is 166 Å². The van der Waals surface area contributed by atoms with E-state index in [0.717, 1.165) is 30.9 Å². The molecule has 1 N–H and O–H groups in total. The first-order valence-electron chi connectivity index (χ1n) is 10.2. The van der Waals surface area contributed by atoms with E-state index in [0.29, 0.717) is 6.54 Å². The number of amides is 2. The molecule has 5 heteroatoms. The van der Waals surface area contributed by atoms with Gasteiger partial charge in [0.15, 0.2) is 0 Å². The Hall–Kier alpha value is -2.82. The number of aryl methyl sites for hydroxylation is 1.